The number of hydrogen-bond donors (Lipinski definition) is 2. The summed E-state index contributed by atoms with van der Waals surface area (Å²) in [4.78, 5) is 9.65. The second-order valence-corrected chi connectivity index (χ2v) is 1.91. The molecule has 7 N–H and O–H groups in total. The monoisotopic (exact) mass is 384 g/mol. The van der Waals surface area contributed by atoms with E-state index in [4.69, 9.17) is 5.73 Å². The Morgan fingerprint density at radius 1 is 1.31 bits per heavy atom. The second-order valence-electron chi connectivity index (χ2n) is 1.91. The van der Waals surface area contributed by atoms with Gasteiger partial charge in [0.25, 0.3) is 0 Å². The quantitative estimate of drug-likeness (QED) is 0.678. The molecule has 0 aliphatic rings. The van der Waals surface area contributed by atoms with Crippen LogP contribution < -0.4 is 17.4 Å². The van der Waals surface area contributed by atoms with E-state index in [9.17, 15) is 23.1 Å². The zero-order valence-electron chi connectivity index (χ0n) is 6.68. The molecule has 0 aliphatic heterocycles. The van der Waals surface area contributed by atoms with E-state index in [2.05, 4.69) is 0 Å². The molecule has 0 unspecified atom stereocenters. The molecule has 0 rings (SSSR count). The molecular weight excluding hydrogens is 374 g/mol. The van der Waals surface area contributed by atoms with E-state index in [0.717, 1.165) is 0 Å². The Kier molecular flexibility index (Phi) is 11.2. The van der Waals surface area contributed by atoms with Gasteiger partial charge in [-0.3, -0.25) is 0 Å². The van der Waals surface area contributed by atoms with Crippen LogP contribution in [0.4, 0.5) is 13.2 Å². The minimum absolute atomic E-state index is 0. The van der Waals surface area contributed by atoms with E-state index in [1.165, 1.54) is 0 Å². The first-order valence-corrected chi connectivity index (χ1v) is 2.23. The van der Waals surface area contributed by atoms with Crippen LogP contribution in [0, 0.1) is 0 Å². The molecule has 0 spiro atoms. The van der Waals surface area contributed by atoms with Crippen molar-refractivity contribution < 1.29 is 44.1 Å². The molecule has 0 heterocycles. The topological polar surface area (TPSA) is 134 Å². The van der Waals surface area contributed by atoms with Gasteiger partial charge in [0.1, 0.15) is 0 Å². The van der Waals surface area contributed by atoms with Gasteiger partial charge in [0.2, 0.25) is 0 Å². The van der Waals surface area contributed by atoms with E-state index < -0.39 is 17.7 Å². The van der Waals surface area contributed by atoms with Crippen LogP contribution in [0.25, 0.3) is 5.73 Å². The van der Waals surface area contributed by atoms with Crippen molar-refractivity contribution in [2.24, 2.45) is 0 Å². The average molecular weight is 384 g/mol. The first-order valence-electron chi connectivity index (χ1n) is 2.23. The number of alkyl halides is 3. The summed E-state index contributed by atoms with van der Waals surface area (Å²) in [7, 11) is 0. The Hall–Kier alpha value is -0.172. The van der Waals surface area contributed by atoms with Gasteiger partial charge in [0.05, 0.1) is 0 Å². The third-order valence-electron chi connectivity index (χ3n) is 0.975. The Labute approximate surface area is 87.3 Å². The van der Waals surface area contributed by atoms with Crippen LogP contribution in [0.15, 0.2) is 0 Å². The minimum Gasteiger partial charge on any atom is -0.660 e. The largest absolute Gasteiger partial charge is 2.00 e. The average Bonchev–Trinajstić information content (AvgIpc) is 1.62. The molecule has 0 aromatic rings. The summed E-state index contributed by atoms with van der Waals surface area (Å²) in [6, 6.07) is 0. The van der Waals surface area contributed by atoms with Crippen LogP contribution in [0.1, 0.15) is 6.92 Å². The number of carboxylic acid groups (broad SMARTS) is 1. The van der Waals surface area contributed by atoms with E-state index in [-0.39, 0.29) is 40.3 Å². The van der Waals surface area contributed by atoms with E-state index >= 15 is 0 Å². The number of rotatable bonds is 1. The number of carboxylic acids is 1. The van der Waals surface area contributed by atoms with Crippen molar-refractivity contribution in [3.05, 3.63) is 5.73 Å². The fourth-order valence-electron chi connectivity index (χ4n) is 0.116. The molecule has 84 valence electrons. The number of aliphatic carboxylic acids is 1. The molecule has 13 heavy (non-hydrogen) atoms. The van der Waals surface area contributed by atoms with Gasteiger partial charge in [-0.05, 0) is 0 Å². The fourth-order valence-corrected chi connectivity index (χ4v) is 0.116. The molecule has 0 fully saturated rings. The van der Waals surface area contributed by atoms with Crippen molar-refractivity contribution in [1.29, 1.82) is 0 Å². The van der Waals surface area contributed by atoms with Gasteiger partial charge in [0, 0.05) is 11.5 Å². The molecular formula is C4H10F3N3O2Pt. The predicted molar refractivity (Wildman–Crippen MR) is 33.8 cm³/mol. The van der Waals surface area contributed by atoms with Gasteiger partial charge in [0.15, 0.2) is 0 Å². The Bertz CT molecular complexity index is 161. The van der Waals surface area contributed by atoms with Crippen LogP contribution in [0.5, 0.6) is 0 Å². The first-order chi connectivity index (χ1) is 4.19. The third-order valence-corrected chi connectivity index (χ3v) is 0.975. The van der Waals surface area contributed by atoms with Crippen LogP contribution in [-0.4, -0.2) is 17.7 Å². The molecule has 9 heteroatoms. The van der Waals surface area contributed by atoms with Crippen LogP contribution in [0.3, 0.4) is 0 Å². The number of hydrogen-bond acceptors (Lipinski definition) is 4. The van der Waals surface area contributed by atoms with Crippen molar-refractivity contribution in [3.63, 3.8) is 0 Å². The SMILES string of the molecule is C[C@]([NH-])(C(=O)[O-])C(F)(F)F.N.N.[Pt+2]. The van der Waals surface area contributed by atoms with Crippen molar-refractivity contribution in [1.82, 2.24) is 12.3 Å². The van der Waals surface area contributed by atoms with Crippen molar-refractivity contribution in [3.8, 4) is 0 Å². The first kappa shape index (κ1) is 23.0. The van der Waals surface area contributed by atoms with Gasteiger partial charge < -0.3 is 27.9 Å². The molecule has 0 radical (unpaired) electrons. The zero-order valence-corrected chi connectivity index (χ0v) is 8.95. The Balaban J connectivity index is -0.000000135. The Morgan fingerprint density at radius 3 is 1.54 bits per heavy atom. The number of nitrogens with one attached hydrogen (secondary N) is 1. The normalized spacial score (nSPS) is 13.9. The molecule has 0 aromatic heterocycles. The zero-order chi connectivity index (χ0) is 8.58. The summed E-state index contributed by atoms with van der Waals surface area (Å²) < 4.78 is 34.4. The van der Waals surface area contributed by atoms with E-state index in [0.29, 0.717) is 0 Å². The second kappa shape index (κ2) is 6.31. The smallest absolute Gasteiger partial charge is 0.660 e. The molecule has 0 aromatic carbocycles. The Morgan fingerprint density at radius 2 is 1.54 bits per heavy atom. The summed E-state index contributed by atoms with van der Waals surface area (Å²) in [5.41, 5.74) is 2.74. The maximum Gasteiger partial charge on any atom is 2.00 e. The minimum atomic E-state index is -5.08. The predicted octanol–water partition coefficient (Wildman–Crippen LogP) is 0.431. The van der Waals surface area contributed by atoms with Crippen molar-refractivity contribution >= 4 is 5.97 Å². The van der Waals surface area contributed by atoms with Crippen molar-refractivity contribution in [2.75, 3.05) is 0 Å². The molecule has 1 atom stereocenters. The fraction of sp³-hybridized carbons (Fsp3) is 0.750. The summed E-state index contributed by atoms with van der Waals surface area (Å²) in [6.45, 7) is 0.225. The van der Waals surface area contributed by atoms with Gasteiger partial charge in [-0.1, -0.05) is 6.92 Å². The molecule has 0 bridgehead atoms. The van der Waals surface area contributed by atoms with Crippen LogP contribution in [0.2, 0.25) is 0 Å². The molecule has 5 nitrogen and oxygen atoms in total. The third kappa shape index (κ3) is 5.20. The maximum absolute atomic E-state index is 11.5. The standard InChI is InChI=1S/C4H5F3NO2.2H3N.Pt/c1-3(8,2(9)10)4(5,6)7;;;/h8H,1H3,(H,9,10);2*1H3;/q-1;;;+2/p-1/t3-;;;/m0.../s1. The van der Waals surface area contributed by atoms with Gasteiger partial charge in [-0.2, -0.15) is 13.2 Å². The summed E-state index contributed by atoms with van der Waals surface area (Å²) >= 11 is 0. The van der Waals surface area contributed by atoms with E-state index in [1.807, 2.05) is 0 Å². The molecule has 0 saturated carbocycles. The molecule has 0 amide bonds. The molecule has 0 aliphatic carbocycles. The number of carbonyl (C=O) groups excluding carboxylic acids is 1. The maximum atomic E-state index is 11.5. The van der Waals surface area contributed by atoms with Crippen molar-refractivity contribution in [2.45, 2.75) is 18.6 Å². The van der Waals surface area contributed by atoms with E-state index in [1.54, 1.807) is 0 Å². The van der Waals surface area contributed by atoms with Gasteiger partial charge >= 0.3 is 27.2 Å². The number of carbonyl (C=O) groups is 1. The summed E-state index contributed by atoms with van der Waals surface area (Å²) in [5, 5.41) is 9.65. The summed E-state index contributed by atoms with van der Waals surface area (Å²) in [5.74, 6) is -2.44. The van der Waals surface area contributed by atoms with Gasteiger partial charge in [-0.25, -0.2) is 0 Å². The van der Waals surface area contributed by atoms with Crippen LogP contribution in [-0.2, 0) is 25.9 Å². The molecule has 0 saturated heterocycles. The van der Waals surface area contributed by atoms with Gasteiger partial charge in [-0.15, -0.1) is 0 Å². The summed E-state index contributed by atoms with van der Waals surface area (Å²) in [6.07, 6.45) is -5.08. The number of halogens is 3. The van der Waals surface area contributed by atoms with Crippen LogP contribution >= 0.6 is 0 Å².